The van der Waals surface area contributed by atoms with Gasteiger partial charge in [-0.3, -0.25) is 9.59 Å². The second kappa shape index (κ2) is 7.49. The lowest BCUT2D eigenvalue weighted by atomic mass is 10.1. The van der Waals surface area contributed by atoms with Gasteiger partial charge in [-0.05, 0) is 42.0 Å². The van der Waals surface area contributed by atoms with Gasteiger partial charge in [-0.1, -0.05) is 30.9 Å². The predicted molar refractivity (Wildman–Crippen MR) is 96.1 cm³/mol. The number of amides is 1. The molecule has 0 atom stereocenters. The van der Waals surface area contributed by atoms with Crippen molar-refractivity contribution in [2.24, 2.45) is 0 Å². The van der Waals surface area contributed by atoms with E-state index in [2.05, 4.69) is 11.9 Å². The summed E-state index contributed by atoms with van der Waals surface area (Å²) in [7, 11) is 0. The van der Waals surface area contributed by atoms with Crippen LogP contribution in [0.4, 0.5) is 5.69 Å². The molecule has 2 aromatic carbocycles. The first-order valence-electron chi connectivity index (χ1n) is 7.78. The largest absolute Gasteiger partial charge is 0.490 e. The van der Waals surface area contributed by atoms with Crippen LogP contribution < -0.4 is 14.8 Å². The van der Waals surface area contributed by atoms with E-state index in [0.717, 1.165) is 5.56 Å². The van der Waals surface area contributed by atoms with E-state index in [-0.39, 0.29) is 18.3 Å². The molecule has 1 heterocycles. The summed E-state index contributed by atoms with van der Waals surface area (Å²) in [6, 6.07) is 12.4. The number of carbonyl (C=O) groups excluding carboxylic acids is 2. The maximum atomic E-state index is 12.4. The first kappa shape index (κ1) is 16.5. The van der Waals surface area contributed by atoms with Gasteiger partial charge in [0.15, 0.2) is 12.4 Å². The normalized spacial score (nSPS) is 12.9. The lowest BCUT2D eigenvalue weighted by Crippen LogP contribution is -2.25. The van der Waals surface area contributed by atoms with Crippen molar-refractivity contribution in [3.05, 3.63) is 72.3 Å². The highest BCUT2D eigenvalue weighted by molar-refractivity contribution is 6.08. The number of ketones is 1. The van der Waals surface area contributed by atoms with Crippen molar-refractivity contribution in [1.82, 2.24) is 0 Å². The van der Waals surface area contributed by atoms with Crippen molar-refractivity contribution in [3.8, 4) is 11.5 Å². The van der Waals surface area contributed by atoms with Crippen LogP contribution in [0.5, 0.6) is 11.5 Å². The third-order valence-electron chi connectivity index (χ3n) is 3.55. The highest BCUT2D eigenvalue weighted by Crippen LogP contribution is 2.28. The molecule has 5 heteroatoms. The van der Waals surface area contributed by atoms with Crippen LogP contribution in [-0.4, -0.2) is 24.9 Å². The van der Waals surface area contributed by atoms with Gasteiger partial charge >= 0.3 is 0 Å². The Morgan fingerprint density at radius 3 is 3.00 bits per heavy atom. The Labute approximate surface area is 145 Å². The zero-order valence-corrected chi connectivity index (χ0v) is 13.5. The summed E-state index contributed by atoms with van der Waals surface area (Å²) in [5.74, 6) is 0.874. The van der Waals surface area contributed by atoms with Crippen LogP contribution in [0.3, 0.4) is 0 Å². The van der Waals surface area contributed by atoms with Crippen LogP contribution >= 0.6 is 0 Å². The minimum Gasteiger partial charge on any atom is -0.490 e. The number of benzene rings is 2. The summed E-state index contributed by atoms with van der Waals surface area (Å²) in [6.45, 7) is 4.02. The lowest BCUT2D eigenvalue weighted by Gasteiger charge is -2.17. The Morgan fingerprint density at radius 2 is 2.16 bits per heavy atom. The molecule has 1 aliphatic heterocycles. The molecule has 3 rings (SSSR count). The Kier molecular flexibility index (Phi) is 4.95. The van der Waals surface area contributed by atoms with E-state index < -0.39 is 0 Å². The van der Waals surface area contributed by atoms with Gasteiger partial charge in [-0.2, -0.15) is 0 Å². The van der Waals surface area contributed by atoms with E-state index in [0.29, 0.717) is 29.4 Å². The topological polar surface area (TPSA) is 64.6 Å². The number of nitrogens with one attached hydrogen (secondary N) is 1. The van der Waals surface area contributed by atoms with Gasteiger partial charge in [-0.15, -0.1) is 0 Å². The van der Waals surface area contributed by atoms with E-state index in [1.165, 1.54) is 6.08 Å². The molecule has 1 amide bonds. The van der Waals surface area contributed by atoms with Crippen LogP contribution in [0.25, 0.3) is 6.08 Å². The molecule has 0 saturated carbocycles. The fourth-order valence-corrected chi connectivity index (χ4v) is 2.37. The number of hydrogen-bond donors (Lipinski definition) is 1. The Balaban J connectivity index is 1.74. The van der Waals surface area contributed by atoms with Crippen molar-refractivity contribution in [3.63, 3.8) is 0 Å². The molecule has 1 N–H and O–H groups in total. The van der Waals surface area contributed by atoms with E-state index >= 15 is 0 Å². The fourth-order valence-electron chi connectivity index (χ4n) is 2.37. The molecule has 126 valence electrons. The molecule has 25 heavy (non-hydrogen) atoms. The van der Waals surface area contributed by atoms with Gasteiger partial charge in [0.2, 0.25) is 0 Å². The summed E-state index contributed by atoms with van der Waals surface area (Å²) in [5, 5.41) is 2.69. The maximum Gasteiger partial charge on any atom is 0.262 e. The third-order valence-corrected chi connectivity index (χ3v) is 3.55. The fraction of sp³-hybridized carbons (Fsp3) is 0.100. The van der Waals surface area contributed by atoms with E-state index in [1.807, 2.05) is 24.3 Å². The molecule has 0 unspecified atom stereocenters. The number of hydrogen-bond acceptors (Lipinski definition) is 4. The first-order chi connectivity index (χ1) is 12.2. The molecule has 0 radical (unpaired) electrons. The van der Waals surface area contributed by atoms with Crippen molar-refractivity contribution in [2.45, 2.75) is 0 Å². The Hall–Kier alpha value is -3.34. The monoisotopic (exact) mass is 335 g/mol. The minimum absolute atomic E-state index is 0.00946. The summed E-state index contributed by atoms with van der Waals surface area (Å²) in [5.41, 5.74) is 1.83. The third kappa shape index (κ3) is 4.14. The Morgan fingerprint density at radius 1 is 1.28 bits per heavy atom. The van der Waals surface area contributed by atoms with Gasteiger partial charge in [0.25, 0.3) is 5.91 Å². The smallest absolute Gasteiger partial charge is 0.262 e. The standard InChI is InChI=1S/C20H17NO4/c1-2-10-24-16-5-3-4-14(11-16)6-8-18(22)15-7-9-19-17(12-15)21-20(23)13-25-19/h2-9,11-12H,1,10,13H2,(H,21,23)/b8-6+. The van der Waals surface area contributed by atoms with Crippen molar-refractivity contribution in [1.29, 1.82) is 0 Å². The molecule has 0 aromatic heterocycles. The zero-order valence-electron chi connectivity index (χ0n) is 13.5. The minimum atomic E-state index is -0.232. The maximum absolute atomic E-state index is 12.4. The first-order valence-corrected chi connectivity index (χ1v) is 7.78. The van der Waals surface area contributed by atoms with Crippen LogP contribution in [0, 0.1) is 0 Å². The van der Waals surface area contributed by atoms with Crippen LogP contribution in [0.1, 0.15) is 15.9 Å². The molecule has 0 spiro atoms. The average Bonchev–Trinajstić information content (AvgIpc) is 2.64. The molecular formula is C20H17NO4. The quantitative estimate of drug-likeness (QED) is 0.499. The van der Waals surface area contributed by atoms with Crippen molar-refractivity contribution in [2.75, 3.05) is 18.5 Å². The number of anilines is 1. The van der Waals surface area contributed by atoms with E-state index in [4.69, 9.17) is 9.47 Å². The van der Waals surface area contributed by atoms with E-state index in [9.17, 15) is 9.59 Å². The summed E-state index contributed by atoms with van der Waals surface area (Å²) < 4.78 is 10.8. The predicted octanol–water partition coefficient (Wildman–Crippen LogP) is 3.48. The van der Waals surface area contributed by atoms with Crippen molar-refractivity contribution < 1.29 is 19.1 Å². The molecule has 0 bridgehead atoms. The zero-order chi connectivity index (χ0) is 17.6. The van der Waals surface area contributed by atoms with Crippen LogP contribution in [0.2, 0.25) is 0 Å². The molecule has 5 nitrogen and oxygen atoms in total. The van der Waals surface area contributed by atoms with Gasteiger partial charge in [0.05, 0.1) is 5.69 Å². The van der Waals surface area contributed by atoms with Crippen LogP contribution in [-0.2, 0) is 4.79 Å². The molecule has 1 aliphatic rings. The molecule has 2 aromatic rings. The summed E-state index contributed by atoms with van der Waals surface area (Å²) in [6.07, 6.45) is 4.88. The molecular weight excluding hydrogens is 318 g/mol. The Bertz CT molecular complexity index is 855. The molecule has 0 fully saturated rings. The number of fused-ring (bicyclic) bond motifs is 1. The van der Waals surface area contributed by atoms with Crippen LogP contribution in [0.15, 0.2) is 61.2 Å². The average molecular weight is 335 g/mol. The molecule has 0 saturated heterocycles. The van der Waals surface area contributed by atoms with Crippen molar-refractivity contribution >= 4 is 23.5 Å². The number of rotatable bonds is 6. The number of carbonyl (C=O) groups is 2. The van der Waals surface area contributed by atoms with Gasteiger partial charge in [0, 0.05) is 5.56 Å². The van der Waals surface area contributed by atoms with Gasteiger partial charge in [-0.25, -0.2) is 0 Å². The molecule has 0 aliphatic carbocycles. The van der Waals surface area contributed by atoms with E-state index in [1.54, 1.807) is 30.4 Å². The summed E-state index contributed by atoms with van der Waals surface area (Å²) in [4.78, 5) is 23.7. The van der Waals surface area contributed by atoms with Gasteiger partial charge in [0.1, 0.15) is 18.1 Å². The highest BCUT2D eigenvalue weighted by atomic mass is 16.5. The lowest BCUT2D eigenvalue weighted by molar-refractivity contribution is -0.118. The summed E-state index contributed by atoms with van der Waals surface area (Å²) >= 11 is 0. The second-order valence-corrected chi connectivity index (χ2v) is 5.42. The second-order valence-electron chi connectivity index (χ2n) is 5.42. The SMILES string of the molecule is C=CCOc1cccc(/C=C/C(=O)c2ccc3c(c2)NC(=O)CO3)c1. The van der Waals surface area contributed by atoms with Gasteiger partial charge < -0.3 is 14.8 Å². The number of allylic oxidation sites excluding steroid dienone is 1. The highest BCUT2D eigenvalue weighted by Gasteiger charge is 2.17. The number of ether oxygens (including phenoxy) is 2.